The van der Waals surface area contributed by atoms with Gasteiger partial charge in [0.25, 0.3) is 0 Å². The quantitative estimate of drug-likeness (QED) is 0.811. The number of carbonyl (C=O) groups excluding carboxylic acids is 1. The molecule has 0 aliphatic carbocycles. The van der Waals surface area contributed by atoms with Crippen LogP contribution in [0.15, 0.2) is 0 Å². The van der Waals surface area contributed by atoms with Gasteiger partial charge in [-0.25, -0.2) is 0 Å². The van der Waals surface area contributed by atoms with Crippen LogP contribution >= 0.6 is 0 Å². The molecule has 1 aliphatic heterocycles. The number of ether oxygens (including phenoxy) is 1. The summed E-state index contributed by atoms with van der Waals surface area (Å²) < 4.78 is 5.61. The summed E-state index contributed by atoms with van der Waals surface area (Å²) in [6.07, 6.45) is 1.29. The molecule has 1 atom stereocenters. The summed E-state index contributed by atoms with van der Waals surface area (Å²) in [5, 5.41) is 10.1. The maximum Gasteiger partial charge on any atom is 0.225 e. The number of aliphatic hydroxyl groups excluding tert-OH is 1. The standard InChI is InChI=1S/C17H34N2O3/c1-13(2)18(6)16(21)14-7-9-19(10-8-14)11-15(20)12-22-17(3,4)5/h13-15,20H,7-12H2,1-6H3. The van der Waals surface area contributed by atoms with E-state index in [9.17, 15) is 9.90 Å². The Balaban J connectivity index is 2.32. The van der Waals surface area contributed by atoms with Crippen LogP contribution in [0.1, 0.15) is 47.5 Å². The molecule has 1 amide bonds. The number of likely N-dealkylation sites (tertiary alicyclic amines) is 1. The van der Waals surface area contributed by atoms with Crippen LogP contribution in [0, 0.1) is 5.92 Å². The Morgan fingerprint density at radius 2 is 1.86 bits per heavy atom. The lowest BCUT2D eigenvalue weighted by Gasteiger charge is -2.35. The second-order valence-electron chi connectivity index (χ2n) is 7.69. The molecule has 0 aromatic rings. The molecular formula is C17H34N2O3. The highest BCUT2D eigenvalue weighted by Crippen LogP contribution is 2.20. The first-order chi connectivity index (χ1) is 10.1. The van der Waals surface area contributed by atoms with E-state index < -0.39 is 6.10 Å². The highest BCUT2D eigenvalue weighted by Gasteiger charge is 2.28. The molecule has 1 N–H and O–H groups in total. The number of aliphatic hydroxyl groups is 1. The van der Waals surface area contributed by atoms with Gasteiger partial charge >= 0.3 is 0 Å². The average Bonchev–Trinajstić information content (AvgIpc) is 2.43. The molecule has 1 heterocycles. The van der Waals surface area contributed by atoms with Gasteiger partial charge in [-0.2, -0.15) is 0 Å². The Bertz CT molecular complexity index is 344. The predicted octanol–water partition coefficient (Wildman–Crippen LogP) is 1.74. The summed E-state index contributed by atoms with van der Waals surface area (Å²) in [5.41, 5.74) is -0.220. The molecule has 1 rings (SSSR count). The van der Waals surface area contributed by atoms with Crippen molar-refractivity contribution in [1.29, 1.82) is 0 Å². The zero-order valence-corrected chi connectivity index (χ0v) is 15.1. The first-order valence-corrected chi connectivity index (χ1v) is 8.41. The van der Waals surface area contributed by atoms with E-state index in [1.54, 1.807) is 0 Å². The fraction of sp³-hybridized carbons (Fsp3) is 0.941. The lowest BCUT2D eigenvalue weighted by Crippen LogP contribution is -2.45. The Morgan fingerprint density at radius 1 is 1.32 bits per heavy atom. The molecule has 1 unspecified atom stereocenters. The maximum atomic E-state index is 12.3. The normalized spacial score (nSPS) is 19.5. The van der Waals surface area contributed by atoms with Crippen LogP contribution in [0.2, 0.25) is 0 Å². The number of β-amino-alcohol motifs (C(OH)–C–C–N with tert-alkyl or cyclic N) is 1. The van der Waals surface area contributed by atoms with Crippen LogP contribution in [0.4, 0.5) is 0 Å². The Morgan fingerprint density at radius 3 is 2.32 bits per heavy atom. The van der Waals surface area contributed by atoms with E-state index in [-0.39, 0.29) is 23.5 Å². The fourth-order valence-corrected chi connectivity index (χ4v) is 2.60. The SMILES string of the molecule is CC(C)N(C)C(=O)C1CCN(CC(O)COC(C)(C)C)CC1. The van der Waals surface area contributed by atoms with Crippen molar-refractivity contribution >= 4 is 5.91 Å². The molecule has 0 aromatic carbocycles. The molecule has 0 spiro atoms. The summed E-state index contributed by atoms with van der Waals surface area (Å²) in [5.74, 6) is 0.387. The van der Waals surface area contributed by atoms with Gasteiger partial charge in [0.15, 0.2) is 0 Å². The van der Waals surface area contributed by atoms with Crippen LogP contribution in [-0.2, 0) is 9.53 Å². The number of piperidine rings is 1. The third-order valence-electron chi connectivity index (χ3n) is 4.24. The third kappa shape index (κ3) is 6.63. The van der Waals surface area contributed by atoms with E-state index in [1.165, 1.54) is 0 Å². The summed E-state index contributed by atoms with van der Waals surface area (Å²) >= 11 is 0. The number of rotatable bonds is 6. The van der Waals surface area contributed by atoms with Gasteiger partial charge in [0.1, 0.15) is 0 Å². The summed E-state index contributed by atoms with van der Waals surface area (Å²) in [6.45, 7) is 12.8. The number of hydrogen-bond donors (Lipinski definition) is 1. The molecule has 0 bridgehead atoms. The second kappa shape index (κ2) is 8.27. The van der Waals surface area contributed by atoms with Crippen molar-refractivity contribution in [1.82, 2.24) is 9.80 Å². The Hall–Kier alpha value is -0.650. The van der Waals surface area contributed by atoms with Crippen LogP contribution in [0.25, 0.3) is 0 Å². The summed E-state index contributed by atoms with van der Waals surface area (Å²) in [4.78, 5) is 16.4. The lowest BCUT2D eigenvalue weighted by atomic mass is 9.95. The maximum absolute atomic E-state index is 12.3. The van der Waals surface area contributed by atoms with Gasteiger partial charge in [-0.3, -0.25) is 4.79 Å². The molecule has 5 heteroatoms. The van der Waals surface area contributed by atoms with Crippen LogP contribution in [0.5, 0.6) is 0 Å². The van der Waals surface area contributed by atoms with Gasteiger partial charge in [-0.05, 0) is 60.5 Å². The summed E-state index contributed by atoms with van der Waals surface area (Å²) in [6, 6.07) is 0.252. The van der Waals surface area contributed by atoms with Gasteiger partial charge in [-0.1, -0.05) is 0 Å². The number of carbonyl (C=O) groups is 1. The highest BCUT2D eigenvalue weighted by atomic mass is 16.5. The molecule has 1 aliphatic rings. The number of nitrogens with zero attached hydrogens (tertiary/aromatic N) is 2. The molecule has 5 nitrogen and oxygen atoms in total. The minimum atomic E-state index is -0.468. The van der Waals surface area contributed by atoms with E-state index in [1.807, 2.05) is 46.6 Å². The predicted molar refractivity (Wildman–Crippen MR) is 88.8 cm³/mol. The first kappa shape index (κ1) is 19.4. The van der Waals surface area contributed by atoms with Gasteiger partial charge < -0.3 is 19.6 Å². The first-order valence-electron chi connectivity index (χ1n) is 8.41. The average molecular weight is 314 g/mol. The van der Waals surface area contributed by atoms with Gasteiger partial charge in [0, 0.05) is 25.6 Å². The van der Waals surface area contributed by atoms with Crippen molar-refractivity contribution in [2.45, 2.75) is 65.2 Å². The van der Waals surface area contributed by atoms with E-state index in [0.29, 0.717) is 13.2 Å². The molecule has 130 valence electrons. The number of hydrogen-bond acceptors (Lipinski definition) is 4. The van der Waals surface area contributed by atoms with Crippen molar-refractivity contribution in [2.24, 2.45) is 5.92 Å². The minimum Gasteiger partial charge on any atom is -0.389 e. The van der Waals surface area contributed by atoms with Gasteiger partial charge in [-0.15, -0.1) is 0 Å². The molecular weight excluding hydrogens is 280 g/mol. The Kier molecular flexibility index (Phi) is 7.29. The molecule has 0 aromatic heterocycles. The summed E-state index contributed by atoms with van der Waals surface area (Å²) in [7, 11) is 1.88. The lowest BCUT2D eigenvalue weighted by molar-refractivity contribution is -0.137. The molecule has 1 fully saturated rings. The van der Waals surface area contributed by atoms with Crippen molar-refractivity contribution in [3.63, 3.8) is 0 Å². The van der Waals surface area contributed by atoms with Crippen molar-refractivity contribution in [3.05, 3.63) is 0 Å². The van der Waals surface area contributed by atoms with E-state index in [4.69, 9.17) is 4.74 Å². The van der Waals surface area contributed by atoms with Crippen LogP contribution in [0.3, 0.4) is 0 Å². The van der Waals surface area contributed by atoms with Crippen LogP contribution < -0.4 is 0 Å². The van der Waals surface area contributed by atoms with Gasteiger partial charge in [0.2, 0.25) is 5.91 Å². The van der Waals surface area contributed by atoms with Crippen molar-refractivity contribution < 1.29 is 14.6 Å². The monoisotopic (exact) mass is 314 g/mol. The second-order valence-corrected chi connectivity index (χ2v) is 7.69. The van der Waals surface area contributed by atoms with Crippen LogP contribution in [-0.4, -0.2) is 71.8 Å². The molecule has 0 radical (unpaired) electrons. The van der Waals surface area contributed by atoms with E-state index in [2.05, 4.69) is 4.90 Å². The largest absolute Gasteiger partial charge is 0.389 e. The highest BCUT2D eigenvalue weighted by molar-refractivity contribution is 5.78. The van der Waals surface area contributed by atoms with E-state index in [0.717, 1.165) is 25.9 Å². The van der Waals surface area contributed by atoms with Gasteiger partial charge in [0.05, 0.1) is 18.3 Å². The van der Waals surface area contributed by atoms with E-state index >= 15 is 0 Å². The fourth-order valence-electron chi connectivity index (χ4n) is 2.60. The van der Waals surface area contributed by atoms with Crippen molar-refractivity contribution in [3.8, 4) is 0 Å². The zero-order valence-electron chi connectivity index (χ0n) is 15.1. The molecule has 0 saturated carbocycles. The molecule has 1 saturated heterocycles. The van der Waals surface area contributed by atoms with Crippen molar-refractivity contribution in [2.75, 3.05) is 33.3 Å². The smallest absolute Gasteiger partial charge is 0.225 e. The Labute approximate surface area is 135 Å². The molecule has 22 heavy (non-hydrogen) atoms. The zero-order chi connectivity index (χ0) is 16.9. The topological polar surface area (TPSA) is 53.0 Å². The third-order valence-corrected chi connectivity index (χ3v) is 4.24. The number of amides is 1. The minimum absolute atomic E-state index is 0.131.